The largest absolute Gasteiger partial charge is 0.425 e. The van der Waals surface area contributed by atoms with Gasteiger partial charge >= 0.3 is 5.97 Å². The molecule has 1 atom stereocenters. The number of alkyl halides is 1. The molecule has 0 spiro atoms. The number of Topliss-reactive ketones (excluding diaryl/α,β-unsaturated/α-hetero) is 1. The lowest BCUT2D eigenvalue weighted by molar-refractivity contribution is -0.384. The molecule has 17 heavy (non-hydrogen) atoms. The number of ether oxygens (including phenoxy) is 1. The lowest BCUT2D eigenvalue weighted by atomic mass is 10.3. The molecular formula is C10H8ClNO5. The Hall–Kier alpha value is -1.95. The second-order valence-corrected chi connectivity index (χ2v) is 3.58. The molecule has 0 saturated carbocycles. The first-order valence-corrected chi connectivity index (χ1v) is 4.96. The van der Waals surface area contributed by atoms with Crippen molar-refractivity contribution >= 4 is 29.0 Å². The maximum atomic E-state index is 11.3. The van der Waals surface area contributed by atoms with Gasteiger partial charge in [0.1, 0.15) is 5.75 Å². The molecule has 1 aromatic carbocycles. The zero-order chi connectivity index (χ0) is 13.0. The molecule has 0 saturated heterocycles. The molecule has 7 heteroatoms. The standard InChI is InChI=1S/C10H8ClNO5/c1-6(13)9(11)10(14)17-8-4-2-7(3-5-8)12(15)16/h2-5,9H,1H3. The van der Waals surface area contributed by atoms with Crippen molar-refractivity contribution in [2.75, 3.05) is 0 Å². The fourth-order valence-corrected chi connectivity index (χ4v) is 1.01. The summed E-state index contributed by atoms with van der Waals surface area (Å²) < 4.78 is 4.76. The van der Waals surface area contributed by atoms with Crippen molar-refractivity contribution in [3.63, 3.8) is 0 Å². The van der Waals surface area contributed by atoms with Gasteiger partial charge < -0.3 is 4.74 Å². The van der Waals surface area contributed by atoms with Crippen LogP contribution in [0.5, 0.6) is 5.75 Å². The van der Waals surface area contributed by atoms with Gasteiger partial charge in [-0.15, -0.1) is 11.6 Å². The van der Waals surface area contributed by atoms with E-state index in [0.717, 1.165) is 6.92 Å². The van der Waals surface area contributed by atoms with Crippen LogP contribution >= 0.6 is 11.6 Å². The van der Waals surface area contributed by atoms with E-state index in [9.17, 15) is 19.7 Å². The maximum Gasteiger partial charge on any atom is 0.337 e. The van der Waals surface area contributed by atoms with Crippen LogP contribution < -0.4 is 4.74 Å². The highest BCUT2D eigenvalue weighted by Crippen LogP contribution is 2.18. The number of halogens is 1. The Morgan fingerprint density at radius 2 is 1.88 bits per heavy atom. The van der Waals surface area contributed by atoms with Crippen LogP contribution in [-0.2, 0) is 9.59 Å². The second kappa shape index (κ2) is 5.40. The number of carbonyl (C=O) groups excluding carboxylic acids is 2. The second-order valence-electron chi connectivity index (χ2n) is 3.15. The minimum atomic E-state index is -1.37. The summed E-state index contributed by atoms with van der Waals surface area (Å²) in [6.07, 6.45) is 0. The highest BCUT2D eigenvalue weighted by molar-refractivity contribution is 6.40. The Bertz CT molecular complexity index is 456. The molecule has 0 fully saturated rings. The SMILES string of the molecule is CC(=O)C(Cl)C(=O)Oc1ccc([N+](=O)[O-])cc1. The Morgan fingerprint density at radius 1 is 1.35 bits per heavy atom. The lowest BCUT2D eigenvalue weighted by Gasteiger charge is -2.06. The molecule has 0 N–H and O–H groups in total. The fraction of sp³-hybridized carbons (Fsp3) is 0.200. The van der Waals surface area contributed by atoms with Crippen molar-refractivity contribution < 1.29 is 19.2 Å². The summed E-state index contributed by atoms with van der Waals surface area (Å²) in [4.78, 5) is 31.8. The Labute approximate surface area is 101 Å². The van der Waals surface area contributed by atoms with E-state index in [1.54, 1.807) is 0 Å². The minimum absolute atomic E-state index is 0.0903. The minimum Gasteiger partial charge on any atom is -0.425 e. The van der Waals surface area contributed by atoms with Gasteiger partial charge in [0.25, 0.3) is 5.69 Å². The molecule has 1 rings (SSSR count). The molecule has 0 aliphatic rings. The van der Waals surface area contributed by atoms with E-state index < -0.39 is 22.1 Å². The number of non-ortho nitro benzene ring substituents is 1. The van der Waals surface area contributed by atoms with Crippen molar-refractivity contribution in [3.8, 4) is 5.75 Å². The van der Waals surface area contributed by atoms with Gasteiger partial charge in [0, 0.05) is 12.1 Å². The van der Waals surface area contributed by atoms with Crippen LogP contribution in [-0.4, -0.2) is 22.1 Å². The van der Waals surface area contributed by atoms with E-state index >= 15 is 0 Å². The van der Waals surface area contributed by atoms with Crippen LogP contribution in [0.2, 0.25) is 0 Å². The van der Waals surface area contributed by atoms with E-state index in [1.807, 2.05) is 0 Å². The summed E-state index contributed by atoms with van der Waals surface area (Å²) in [5.41, 5.74) is -0.126. The Kier molecular flexibility index (Phi) is 4.17. The van der Waals surface area contributed by atoms with Gasteiger partial charge in [-0.25, -0.2) is 4.79 Å². The lowest BCUT2D eigenvalue weighted by Crippen LogP contribution is -2.26. The molecule has 0 bridgehead atoms. The van der Waals surface area contributed by atoms with Crippen LogP contribution in [0.3, 0.4) is 0 Å². The number of nitro benzene ring substituents is 1. The van der Waals surface area contributed by atoms with Gasteiger partial charge in [0.2, 0.25) is 0 Å². The van der Waals surface area contributed by atoms with Crippen molar-refractivity contribution in [2.24, 2.45) is 0 Å². The number of esters is 1. The molecular weight excluding hydrogens is 250 g/mol. The molecule has 0 radical (unpaired) electrons. The van der Waals surface area contributed by atoms with Gasteiger partial charge in [-0.1, -0.05) is 0 Å². The third-order valence-electron chi connectivity index (χ3n) is 1.83. The Morgan fingerprint density at radius 3 is 2.29 bits per heavy atom. The average molecular weight is 258 g/mol. The third-order valence-corrected chi connectivity index (χ3v) is 2.32. The molecule has 0 aliphatic carbocycles. The molecule has 0 heterocycles. The number of ketones is 1. The normalized spacial score (nSPS) is 11.6. The first-order chi connectivity index (χ1) is 7.91. The molecule has 0 aliphatic heterocycles. The number of hydrogen-bond donors (Lipinski definition) is 0. The number of nitro groups is 1. The summed E-state index contributed by atoms with van der Waals surface area (Å²) in [6.45, 7) is 1.16. The van der Waals surface area contributed by atoms with E-state index in [2.05, 4.69) is 0 Å². The van der Waals surface area contributed by atoms with Crippen molar-refractivity contribution in [2.45, 2.75) is 12.3 Å². The van der Waals surface area contributed by atoms with Crippen molar-refractivity contribution in [3.05, 3.63) is 34.4 Å². The van der Waals surface area contributed by atoms with E-state index in [1.165, 1.54) is 24.3 Å². The molecule has 6 nitrogen and oxygen atoms in total. The number of nitrogens with zero attached hydrogens (tertiary/aromatic N) is 1. The smallest absolute Gasteiger partial charge is 0.337 e. The van der Waals surface area contributed by atoms with Crippen LogP contribution in [0.4, 0.5) is 5.69 Å². The Balaban J connectivity index is 2.73. The molecule has 1 aromatic rings. The van der Waals surface area contributed by atoms with Crippen molar-refractivity contribution in [1.82, 2.24) is 0 Å². The first kappa shape index (κ1) is 13.1. The topological polar surface area (TPSA) is 86.5 Å². The van der Waals surface area contributed by atoms with Gasteiger partial charge in [-0.3, -0.25) is 14.9 Å². The fourth-order valence-electron chi connectivity index (χ4n) is 0.970. The average Bonchev–Trinajstić information content (AvgIpc) is 2.28. The predicted octanol–water partition coefficient (Wildman–Crippen LogP) is 1.70. The van der Waals surface area contributed by atoms with Gasteiger partial charge in [0.15, 0.2) is 11.2 Å². The van der Waals surface area contributed by atoms with E-state index in [-0.39, 0.29) is 11.4 Å². The first-order valence-electron chi connectivity index (χ1n) is 4.52. The van der Waals surface area contributed by atoms with Gasteiger partial charge in [-0.2, -0.15) is 0 Å². The molecule has 90 valence electrons. The third kappa shape index (κ3) is 3.53. The molecule has 0 aromatic heterocycles. The number of hydrogen-bond acceptors (Lipinski definition) is 5. The summed E-state index contributed by atoms with van der Waals surface area (Å²) in [5, 5.41) is 8.99. The summed E-state index contributed by atoms with van der Waals surface area (Å²) in [6, 6.07) is 4.86. The zero-order valence-corrected chi connectivity index (χ0v) is 9.51. The quantitative estimate of drug-likeness (QED) is 0.205. The highest BCUT2D eigenvalue weighted by atomic mass is 35.5. The van der Waals surface area contributed by atoms with Crippen LogP contribution in [0, 0.1) is 10.1 Å². The number of benzene rings is 1. The molecule has 1 unspecified atom stereocenters. The van der Waals surface area contributed by atoms with E-state index in [4.69, 9.17) is 16.3 Å². The number of carbonyl (C=O) groups is 2. The highest BCUT2D eigenvalue weighted by Gasteiger charge is 2.22. The summed E-state index contributed by atoms with van der Waals surface area (Å²) in [7, 11) is 0. The van der Waals surface area contributed by atoms with Crippen LogP contribution in [0.15, 0.2) is 24.3 Å². The van der Waals surface area contributed by atoms with Gasteiger partial charge in [0.05, 0.1) is 4.92 Å². The maximum absolute atomic E-state index is 11.3. The van der Waals surface area contributed by atoms with Crippen molar-refractivity contribution in [1.29, 1.82) is 0 Å². The predicted molar refractivity (Wildman–Crippen MR) is 59.1 cm³/mol. The zero-order valence-electron chi connectivity index (χ0n) is 8.75. The van der Waals surface area contributed by atoms with E-state index in [0.29, 0.717) is 0 Å². The monoisotopic (exact) mass is 257 g/mol. The van der Waals surface area contributed by atoms with Crippen LogP contribution in [0.1, 0.15) is 6.92 Å². The van der Waals surface area contributed by atoms with Crippen LogP contribution in [0.25, 0.3) is 0 Å². The van der Waals surface area contributed by atoms with Gasteiger partial charge in [-0.05, 0) is 19.1 Å². The summed E-state index contributed by atoms with van der Waals surface area (Å²) in [5.74, 6) is -1.35. The number of rotatable bonds is 4. The summed E-state index contributed by atoms with van der Waals surface area (Å²) >= 11 is 5.47. The molecule has 0 amide bonds.